The summed E-state index contributed by atoms with van der Waals surface area (Å²) in [6, 6.07) is 69.4. The molecule has 4 heterocycles. The maximum Gasteiger partial charge on any atom is 0.131 e. The molecule has 260 valence electrons. The number of hydrogen-bond acceptors (Lipinski definition) is 1. The van der Waals surface area contributed by atoms with Gasteiger partial charge in [-0.3, -0.25) is 9.13 Å². The minimum Gasteiger partial charge on any atom is -0.309 e. The second kappa shape index (κ2) is 11.3. The summed E-state index contributed by atoms with van der Waals surface area (Å²) in [6.45, 7) is 0. The summed E-state index contributed by atoms with van der Waals surface area (Å²) in [5, 5.41) is 11.4. The third kappa shape index (κ3) is 4.03. The zero-order valence-corrected chi connectivity index (χ0v) is 31.0. The summed E-state index contributed by atoms with van der Waals surface area (Å²) in [5.41, 5.74) is 12.1. The van der Waals surface area contributed by atoms with Gasteiger partial charge in [-0.15, -0.1) is 0 Å². The fourth-order valence-electron chi connectivity index (χ4n) is 9.64. The lowest BCUT2D eigenvalue weighted by Gasteiger charge is -2.22. The van der Waals surface area contributed by atoms with Gasteiger partial charge in [-0.1, -0.05) is 139 Å². The van der Waals surface area contributed by atoms with E-state index in [0.29, 0.717) is 0 Å². The first-order valence-electron chi connectivity index (χ1n) is 19.2. The second-order valence-electron chi connectivity index (χ2n) is 14.9. The average molecular weight is 730 g/mol. The molecular formula is C52H31N3S. The van der Waals surface area contributed by atoms with Crippen LogP contribution in [0.2, 0.25) is 0 Å². The Balaban J connectivity index is 1.10. The zero-order valence-electron chi connectivity index (χ0n) is 30.1. The van der Waals surface area contributed by atoms with E-state index in [-0.39, 0.29) is 0 Å². The van der Waals surface area contributed by atoms with E-state index in [0.717, 1.165) is 5.69 Å². The Morgan fingerprint density at radius 2 is 1.00 bits per heavy atom. The monoisotopic (exact) mass is 729 g/mol. The van der Waals surface area contributed by atoms with Crippen LogP contribution in [-0.4, -0.2) is 13.7 Å². The van der Waals surface area contributed by atoms with E-state index in [9.17, 15) is 0 Å². The Bertz CT molecular complexity index is 3620. The van der Waals surface area contributed by atoms with Crippen molar-refractivity contribution in [1.82, 2.24) is 13.7 Å². The summed E-state index contributed by atoms with van der Waals surface area (Å²) in [4.78, 5) is 2.54. The molecule has 1 aliphatic heterocycles. The number of nitrogens with zero attached hydrogens (tertiary/aromatic N) is 3. The molecule has 0 bridgehead atoms. The molecule has 0 spiro atoms. The number of benzene rings is 9. The van der Waals surface area contributed by atoms with Crippen LogP contribution in [0.5, 0.6) is 0 Å². The van der Waals surface area contributed by atoms with Gasteiger partial charge in [0.05, 0.1) is 33.4 Å². The molecule has 13 rings (SSSR count). The summed E-state index contributed by atoms with van der Waals surface area (Å²) in [7, 11) is 0. The highest BCUT2D eigenvalue weighted by Gasteiger charge is 2.28. The van der Waals surface area contributed by atoms with Crippen molar-refractivity contribution in [2.75, 3.05) is 0 Å². The molecule has 56 heavy (non-hydrogen) atoms. The van der Waals surface area contributed by atoms with Crippen molar-refractivity contribution in [3.05, 3.63) is 188 Å². The van der Waals surface area contributed by atoms with Crippen molar-refractivity contribution >= 4 is 88.0 Å². The van der Waals surface area contributed by atoms with Crippen LogP contribution >= 0.6 is 11.8 Å². The lowest BCUT2D eigenvalue weighted by atomic mass is 9.98. The Morgan fingerprint density at radius 3 is 1.84 bits per heavy atom. The van der Waals surface area contributed by atoms with Crippen LogP contribution < -0.4 is 0 Å². The van der Waals surface area contributed by atoms with Gasteiger partial charge in [-0.25, -0.2) is 0 Å². The highest BCUT2D eigenvalue weighted by Crippen LogP contribution is 2.50. The van der Waals surface area contributed by atoms with Crippen LogP contribution in [0.4, 0.5) is 0 Å². The molecule has 1 aliphatic rings. The third-order valence-corrected chi connectivity index (χ3v) is 13.1. The summed E-state index contributed by atoms with van der Waals surface area (Å²) >= 11 is 1.88. The van der Waals surface area contributed by atoms with Crippen LogP contribution in [0, 0.1) is 0 Å². The van der Waals surface area contributed by atoms with E-state index in [1.165, 1.54) is 108 Å². The van der Waals surface area contributed by atoms with Crippen molar-refractivity contribution < 1.29 is 0 Å². The minimum atomic E-state index is 1.16. The van der Waals surface area contributed by atoms with Crippen LogP contribution in [0.25, 0.3) is 104 Å². The standard InChI is InChI=1S/C52H31N3S/c1-2-15-36(16-3-1)53-42-22-10-9-20-40(42)50-41-21-12-24-48-51(41)55(52(50)53)46-30-33(26-28-47(46)56-48)35-29-34-14-5-6-17-37(34)45(31-35)54-43-23-11-8-19-39(43)49-38-18-7-4-13-32(38)25-27-44(49)54/h1-31H. The minimum absolute atomic E-state index is 1.16. The lowest BCUT2D eigenvalue weighted by Crippen LogP contribution is -2.06. The summed E-state index contributed by atoms with van der Waals surface area (Å²) in [5.74, 6) is 0. The largest absolute Gasteiger partial charge is 0.309 e. The molecule has 0 amide bonds. The fraction of sp³-hybridized carbons (Fsp3) is 0. The molecule has 3 aromatic heterocycles. The van der Waals surface area contributed by atoms with Crippen molar-refractivity contribution in [3.63, 3.8) is 0 Å². The number of fused-ring (bicyclic) bond motifs is 13. The predicted octanol–water partition coefficient (Wildman–Crippen LogP) is 14.3. The van der Waals surface area contributed by atoms with Crippen LogP contribution in [0.15, 0.2) is 198 Å². The Morgan fingerprint density at radius 1 is 0.339 bits per heavy atom. The van der Waals surface area contributed by atoms with Crippen LogP contribution in [0.1, 0.15) is 0 Å². The summed E-state index contributed by atoms with van der Waals surface area (Å²) < 4.78 is 7.49. The normalized spacial score (nSPS) is 12.6. The van der Waals surface area contributed by atoms with Gasteiger partial charge in [0.25, 0.3) is 0 Å². The number of aromatic nitrogens is 3. The van der Waals surface area contributed by atoms with Gasteiger partial charge in [0.2, 0.25) is 0 Å². The van der Waals surface area contributed by atoms with Gasteiger partial charge in [0.1, 0.15) is 5.65 Å². The van der Waals surface area contributed by atoms with Gasteiger partial charge in [-0.05, 0) is 87.9 Å². The Labute approximate surface area is 326 Å². The number of hydrogen-bond donors (Lipinski definition) is 0. The van der Waals surface area contributed by atoms with Gasteiger partial charge in [-0.2, -0.15) is 0 Å². The molecule has 12 aromatic rings. The van der Waals surface area contributed by atoms with Gasteiger partial charge in [0, 0.05) is 47.8 Å². The maximum absolute atomic E-state index is 2.54. The van der Waals surface area contributed by atoms with Crippen molar-refractivity contribution in [3.8, 4) is 28.2 Å². The van der Waals surface area contributed by atoms with Crippen LogP contribution in [-0.2, 0) is 0 Å². The molecule has 0 unspecified atom stereocenters. The molecular weight excluding hydrogens is 699 g/mol. The quantitative estimate of drug-likeness (QED) is 0.177. The molecule has 0 N–H and O–H groups in total. The molecule has 9 aromatic carbocycles. The first kappa shape index (κ1) is 30.3. The smallest absolute Gasteiger partial charge is 0.131 e. The predicted molar refractivity (Wildman–Crippen MR) is 237 cm³/mol. The SMILES string of the molecule is c1ccc(-n2c3ccccc3c3c4cccc5c4n(c32)-c2cc(-c3cc(-n4c6ccccc6c6c7ccccc7ccc64)c4ccccc4c3)ccc2S5)cc1. The molecule has 0 fully saturated rings. The lowest BCUT2D eigenvalue weighted by molar-refractivity contribution is 1.03. The highest BCUT2D eigenvalue weighted by molar-refractivity contribution is 7.99. The van der Waals surface area contributed by atoms with Crippen LogP contribution in [0.3, 0.4) is 0 Å². The van der Waals surface area contributed by atoms with E-state index < -0.39 is 0 Å². The van der Waals surface area contributed by atoms with Gasteiger partial charge >= 0.3 is 0 Å². The van der Waals surface area contributed by atoms with E-state index in [1.54, 1.807) is 0 Å². The Kier molecular flexibility index (Phi) is 6.10. The molecule has 0 saturated carbocycles. The number of rotatable bonds is 3. The molecule has 4 heteroatoms. The van der Waals surface area contributed by atoms with E-state index in [4.69, 9.17) is 0 Å². The molecule has 3 nitrogen and oxygen atoms in total. The highest BCUT2D eigenvalue weighted by atomic mass is 32.2. The zero-order chi connectivity index (χ0) is 36.5. The molecule has 0 aliphatic carbocycles. The van der Waals surface area contributed by atoms with E-state index >= 15 is 0 Å². The first-order valence-corrected chi connectivity index (χ1v) is 20.0. The van der Waals surface area contributed by atoms with Gasteiger partial charge < -0.3 is 4.57 Å². The maximum atomic E-state index is 2.54. The van der Waals surface area contributed by atoms with Crippen molar-refractivity contribution in [2.24, 2.45) is 0 Å². The Hall–Kier alpha value is -7.01. The van der Waals surface area contributed by atoms with Gasteiger partial charge in [0.15, 0.2) is 0 Å². The third-order valence-electron chi connectivity index (χ3n) is 12.0. The topological polar surface area (TPSA) is 14.8 Å². The average Bonchev–Trinajstić information content (AvgIpc) is 3.90. The van der Waals surface area contributed by atoms with E-state index in [2.05, 4.69) is 202 Å². The van der Waals surface area contributed by atoms with Crippen molar-refractivity contribution in [1.29, 1.82) is 0 Å². The first-order chi connectivity index (χ1) is 27.8. The second-order valence-corrected chi connectivity index (χ2v) is 16.0. The molecule has 0 atom stereocenters. The summed E-state index contributed by atoms with van der Waals surface area (Å²) in [6.07, 6.45) is 0. The fourth-order valence-corrected chi connectivity index (χ4v) is 10.7. The van der Waals surface area contributed by atoms with E-state index in [1.807, 2.05) is 11.8 Å². The number of para-hydroxylation sites is 4. The molecule has 0 saturated heterocycles. The molecule has 0 radical (unpaired) electrons. The van der Waals surface area contributed by atoms with Crippen molar-refractivity contribution in [2.45, 2.75) is 9.79 Å².